The van der Waals surface area contributed by atoms with Crippen LogP contribution in [0.4, 0.5) is 5.13 Å². The van der Waals surface area contributed by atoms with Gasteiger partial charge in [-0.2, -0.15) is 0 Å². The first-order valence-electron chi connectivity index (χ1n) is 6.89. The number of fused-ring (bicyclic) bond motifs is 1. The maximum Gasteiger partial charge on any atom is 0.183 e. The molecule has 0 amide bonds. The Morgan fingerprint density at radius 1 is 1.28 bits per heavy atom. The fourth-order valence-corrected chi connectivity index (χ4v) is 2.86. The summed E-state index contributed by atoms with van der Waals surface area (Å²) in [4.78, 5) is 4.57. The van der Waals surface area contributed by atoms with Gasteiger partial charge in [0.15, 0.2) is 5.13 Å². The number of thiazole rings is 1. The number of hydrogen-bond acceptors (Lipinski definition) is 3. The third-order valence-corrected chi connectivity index (χ3v) is 4.38. The summed E-state index contributed by atoms with van der Waals surface area (Å²) in [6.45, 7) is 5.64. The lowest BCUT2D eigenvalue weighted by molar-refractivity contribution is 0.489. The van der Waals surface area contributed by atoms with Crippen molar-refractivity contribution in [1.29, 1.82) is 0 Å². The molecule has 1 heterocycles. The van der Waals surface area contributed by atoms with Crippen LogP contribution in [0.5, 0.6) is 0 Å². The molecule has 0 aliphatic rings. The first kappa shape index (κ1) is 13.3. The number of nitrogens with one attached hydrogen (secondary N) is 1. The molecule has 0 saturated heterocycles. The molecule has 1 aromatic heterocycles. The monoisotopic (exact) mass is 262 g/mol. The number of anilines is 1. The van der Waals surface area contributed by atoms with Crippen molar-refractivity contribution < 1.29 is 0 Å². The van der Waals surface area contributed by atoms with E-state index < -0.39 is 0 Å². The van der Waals surface area contributed by atoms with Gasteiger partial charge in [-0.3, -0.25) is 0 Å². The molecule has 2 nitrogen and oxygen atoms in total. The van der Waals surface area contributed by atoms with E-state index in [0.29, 0.717) is 0 Å². The topological polar surface area (TPSA) is 24.9 Å². The highest BCUT2D eigenvalue weighted by atomic mass is 32.1. The van der Waals surface area contributed by atoms with Crippen LogP contribution in [0.1, 0.15) is 39.5 Å². The SMILES string of the molecule is CC[C@@H](C)CCCCNc1nc2ccccc2s1. The number of hydrogen-bond donors (Lipinski definition) is 1. The predicted molar refractivity (Wildman–Crippen MR) is 81.4 cm³/mol. The molecule has 0 fully saturated rings. The molecule has 3 heteroatoms. The third-order valence-electron chi connectivity index (χ3n) is 3.39. The molecule has 0 unspecified atom stereocenters. The van der Waals surface area contributed by atoms with Crippen LogP contribution in [0.15, 0.2) is 24.3 Å². The molecule has 0 aliphatic carbocycles. The molecule has 2 rings (SSSR count). The van der Waals surface area contributed by atoms with E-state index in [2.05, 4.69) is 42.3 Å². The molecule has 98 valence electrons. The summed E-state index contributed by atoms with van der Waals surface area (Å²) in [6.07, 6.45) is 5.19. The summed E-state index contributed by atoms with van der Waals surface area (Å²) in [5.41, 5.74) is 1.10. The van der Waals surface area contributed by atoms with E-state index in [0.717, 1.165) is 23.1 Å². The van der Waals surface area contributed by atoms with Crippen LogP contribution in [-0.2, 0) is 0 Å². The number of nitrogens with zero attached hydrogens (tertiary/aromatic N) is 1. The molecule has 0 spiro atoms. The van der Waals surface area contributed by atoms with Crippen LogP contribution < -0.4 is 5.32 Å². The van der Waals surface area contributed by atoms with Crippen molar-refractivity contribution in [3.8, 4) is 0 Å². The zero-order valence-corrected chi connectivity index (χ0v) is 12.1. The lowest BCUT2D eigenvalue weighted by Gasteiger charge is -2.07. The average Bonchev–Trinajstić information content (AvgIpc) is 2.80. The van der Waals surface area contributed by atoms with Gasteiger partial charge in [0.05, 0.1) is 10.2 Å². The molecule has 0 bridgehead atoms. The Labute approximate surface area is 113 Å². The number of para-hydroxylation sites is 1. The zero-order chi connectivity index (χ0) is 12.8. The van der Waals surface area contributed by atoms with Gasteiger partial charge >= 0.3 is 0 Å². The second-order valence-corrected chi connectivity index (χ2v) is 5.95. The highest BCUT2D eigenvalue weighted by Crippen LogP contribution is 2.25. The van der Waals surface area contributed by atoms with Gasteiger partial charge < -0.3 is 5.32 Å². The number of aromatic nitrogens is 1. The van der Waals surface area contributed by atoms with E-state index in [1.54, 1.807) is 11.3 Å². The van der Waals surface area contributed by atoms with E-state index in [-0.39, 0.29) is 0 Å². The van der Waals surface area contributed by atoms with Crippen molar-refractivity contribution >= 4 is 26.7 Å². The van der Waals surface area contributed by atoms with Crippen LogP contribution in [0.3, 0.4) is 0 Å². The fraction of sp³-hybridized carbons (Fsp3) is 0.533. The van der Waals surface area contributed by atoms with E-state index in [9.17, 15) is 0 Å². The highest BCUT2D eigenvalue weighted by molar-refractivity contribution is 7.22. The van der Waals surface area contributed by atoms with E-state index >= 15 is 0 Å². The van der Waals surface area contributed by atoms with Gasteiger partial charge in [-0.15, -0.1) is 0 Å². The van der Waals surface area contributed by atoms with Crippen LogP contribution in [0.2, 0.25) is 0 Å². The first-order chi connectivity index (χ1) is 8.79. The molecule has 1 atom stereocenters. The van der Waals surface area contributed by atoms with Gasteiger partial charge in [-0.05, 0) is 24.5 Å². The van der Waals surface area contributed by atoms with Crippen molar-refractivity contribution in [2.75, 3.05) is 11.9 Å². The normalized spacial score (nSPS) is 12.8. The quantitative estimate of drug-likeness (QED) is 0.716. The minimum absolute atomic E-state index is 0.868. The Bertz CT molecular complexity index is 445. The average molecular weight is 262 g/mol. The maximum absolute atomic E-state index is 4.57. The van der Waals surface area contributed by atoms with Crippen molar-refractivity contribution in [2.45, 2.75) is 39.5 Å². The standard InChI is InChI=1S/C15H22N2S/c1-3-12(2)8-6-7-11-16-15-17-13-9-4-5-10-14(13)18-15/h4-5,9-10,12H,3,6-8,11H2,1-2H3,(H,16,17)/t12-/m1/s1. The second kappa shape index (κ2) is 6.74. The molecular formula is C15H22N2S. The van der Waals surface area contributed by atoms with Gasteiger partial charge in [0.1, 0.15) is 0 Å². The second-order valence-electron chi connectivity index (χ2n) is 4.92. The van der Waals surface area contributed by atoms with Crippen molar-refractivity contribution in [3.63, 3.8) is 0 Å². The summed E-state index contributed by atoms with van der Waals surface area (Å²) >= 11 is 1.74. The van der Waals surface area contributed by atoms with Crippen molar-refractivity contribution in [1.82, 2.24) is 4.98 Å². The Hall–Kier alpha value is -1.09. The van der Waals surface area contributed by atoms with Gasteiger partial charge in [0, 0.05) is 6.54 Å². The summed E-state index contributed by atoms with van der Waals surface area (Å²) in [5, 5.41) is 4.49. The predicted octanol–water partition coefficient (Wildman–Crippen LogP) is 4.92. The lowest BCUT2D eigenvalue weighted by Crippen LogP contribution is -2.02. The van der Waals surface area contributed by atoms with Gasteiger partial charge in [0.2, 0.25) is 0 Å². The largest absolute Gasteiger partial charge is 0.361 e. The maximum atomic E-state index is 4.57. The minimum atomic E-state index is 0.868. The van der Waals surface area contributed by atoms with Crippen LogP contribution in [-0.4, -0.2) is 11.5 Å². The summed E-state index contributed by atoms with van der Waals surface area (Å²) in [7, 11) is 0. The molecule has 0 saturated carbocycles. The minimum Gasteiger partial charge on any atom is -0.361 e. The number of benzene rings is 1. The molecule has 1 aromatic carbocycles. The fourth-order valence-electron chi connectivity index (χ4n) is 1.97. The van der Waals surface area contributed by atoms with Crippen molar-refractivity contribution in [2.24, 2.45) is 5.92 Å². The van der Waals surface area contributed by atoms with Gasteiger partial charge in [-0.1, -0.05) is 56.6 Å². The van der Waals surface area contributed by atoms with Crippen LogP contribution in [0.25, 0.3) is 10.2 Å². The summed E-state index contributed by atoms with van der Waals surface area (Å²) in [5.74, 6) is 0.868. The van der Waals surface area contributed by atoms with Crippen molar-refractivity contribution in [3.05, 3.63) is 24.3 Å². The van der Waals surface area contributed by atoms with E-state index in [1.807, 2.05) is 6.07 Å². The molecular weight excluding hydrogens is 240 g/mol. The zero-order valence-electron chi connectivity index (χ0n) is 11.3. The molecule has 18 heavy (non-hydrogen) atoms. The van der Waals surface area contributed by atoms with Crippen LogP contribution >= 0.6 is 11.3 Å². The highest BCUT2D eigenvalue weighted by Gasteiger charge is 2.02. The Kier molecular flexibility index (Phi) is 5.00. The van der Waals surface area contributed by atoms with E-state index in [1.165, 1.54) is 30.4 Å². The smallest absolute Gasteiger partial charge is 0.183 e. The van der Waals surface area contributed by atoms with Gasteiger partial charge in [0.25, 0.3) is 0 Å². The Morgan fingerprint density at radius 3 is 2.89 bits per heavy atom. The number of rotatable bonds is 7. The molecule has 2 aromatic rings. The Balaban J connectivity index is 1.73. The third kappa shape index (κ3) is 3.70. The molecule has 0 aliphatic heterocycles. The summed E-state index contributed by atoms with van der Waals surface area (Å²) in [6, 6.07) is 8.30. The van der Waals surface area contributed by atoms with E-state index in [4.69, 9.17) is 0 Å². The Morgan fingerprint density at radius 2 is 2.11 bits per heavy atom. The van der Waals surface area contributed by atoms with Crippen LogP contribution in [0, 0.1) is 5.92 Å². The summed E-state index contributed by atoms with van der Waals surface area (Å²) < 4.78 is 1.26. The van der Waals surface area contributed by atoms with Gasteiger partial charge in [-0.25, -0.2) is 4.98 Å². The molecule has 0 radical (unpaired) electrons. The lowest BCUT2D eigenvalue weighted by atomic mass is 10.0. The number of unbranched alkanes of at least 4 members (excludes halogenated alkanes) is 1. The molecule has 1 N–H and O–H groups in total. The first-order valence-corrected chi connectivity index (χ1v) is 7.70.